The van der Waals surface area contributed by atoms with Crippen LogP contribution < -0.4 is 5.32 Å². The van der Waals surface area contributed by atoms with Crippen LogP contribution in [0.2, 0.25) is 0 Å². The van der Waals surface area contributed by atoms with Gasteiger partial charge in [-0.05, 0) is 31.7 Å². The molecule has 0 amide bonds. The zero-order chi connectivity index (χ0) is 12.3. The van der Waals surface area contributed by atoms with Gasteiger partial charge in [0.1, 0.15) is 5.82 Å². The summed E-state index contributed by atoms with van der Waals surface area (Å²) >= 11 is 0. The zero-order valence-electron chi connectivity index (χ0n) is 10.8. The highest BCUT2D eigenvalue weighted by Gasteiger charge is 2.00. The average Bonchev–Trinajstić information content (AvgIpc) is 2.34. The van der Waals surface area contributed by atoms with E-state index in [1.165, 1.54) is 12.1 Å². The van der Waals surface area contributed by atoms with Crippen LogP contribution in [0.5, 0.6) is 0 Å². The number of nitrogens with one attached hydrogen (secondary N) is 1. The molecule has 0 aromatic heterocycles. The topological polar surface area (TPSA) is 12.0 Å². The second kappa shape index (κ2) is 11.2. The van der Waals surface area contributed by atoms with Crippen molar-refractivity contribution >= 4 is 0 Å². The Kier molecular flexibility index (Phi) is 12.3. The van der Waals surface area contributed by atoms with Gasteiger partial charge in [0.25, 0.3) is 0 Å². The lowest BCUT2D eigenvalue weighted by molar-refractivity contribution is 0.619. The maximum absolute atomic E-state index is 12.4. The second-order valence-electron chi connectivity index (χ2n) is 2.56. The zero-order valence-corrected chi connectivity index (χ0v) is 10.8. The van der Waals surface area contributed by atoms with E-state index in [0.717, 1.165) is 5.56 Å². The molecule has 0 spiro atoms. The van der Waals surface area contributed by atoms with E-state index < -0.39 is 0 Å². The van der Waals surface area contributed by atoms with Crippen molar-refractivity contribution in [1.82, 2.24) is 5.32 Å². The first kappa shape index (κ1) is 16.5. The van der Waals surface area contributed by atoms with Gasteiger partial charge in [0, 0.05) is 6.04 Å². The molecule has 0 unspecified atom stereocenters. The molecule has 2 heteroatoms. The lowest BCUT2D eigenvalue weighted by Crippen LogP contribution is -2.11. The van der Waals surface area contributed by atoms with Gasteiger partial charge in [0.2, 0.25) is 0 Å². The van der Waals surface area contributed by atoms with Crippen LogP contribution in [-0.2, 0) is 0 Å². The Labute approximate surface area is 93.7 Å². The lowest BCUT2D eigenvalue weighted by Gasteiger charge is -2.09. The maximum atomic E-state index is 12.4. The molecule has 0 saturated heterocycles. The third-order valence-corrected chi connectivity index (χ3v) is 1.80. The van der Waals surface area contributed by atoms with E-state index >= 15 is 0 Å². The molecule has 1 nitrogen and oxygen atoms in total. The quantitative estimate of drug-likeness (QED) is 0.778. The molecule has 0 saturated carbocycles. The lowest BCUT2D eigenvalue weighted by atomic mass is 10.1. The highest BCUT2D eigenvalue weighted by Crippen LogP contribution is 2.11. The smallest absolute Gasteiger partial charge is 0.123 e. The second-order valence-corrected chi connectivity index (χ2v) is 2.56. The summed E-state index contributed by atoms with van der Waals surface area (Å²) in [7, 11) is 1.88. The first-order chi connectivity index (χ1) is 7.24. The van der Waals surface area contributed by atoms with Crippen molar-refractivity contribution < 1.29 is 4.39 Å². The Bertz CT molecular complexity index is 218. The summed E-state index contributed by atoms with van der Waals surface area (Å²) in [4.78, 5) is 0. The first-order valence-corrected chi connectivity index (χ1v) is 5.67. The fraction of sp³-hybridized carbons (Fsp3) is 0.538. The van der Waals surface area contributed by atoms with Crippen molar-refractivity contribution in [3.8, 4) is 0 Å². The number of rotatable bonds is 2. The summed E-state index contributed by atoms with van der Waals surface area (Å²) in [5, 5.41) is 3.08. The molecule has 0 heterocycles. The van der Waals surface area contributed by atoms with Gasteiger partial charge < -0.3 is 5.32 Å². The fourth-order valence-corrected chi connectivity index (χ4v) is 0.918. The van der Waals surface area contributed by atoms with Gasteiger partial charge in [0.05, 0.1) is 0 Å². The Morgan fingerprint density at radius 2 is 1.40 bits per heavy atom. The van der Waals surface area contributed by atoms with Crippen molar-refractivity contribution in [2.24, 2.45) is 0 Å². The minimum absolute atomic E-state index is 0.183. The normalized spacial score (nSPS) is 10.3. The number of hydrogen-bond acceptors (Lipinski definition) is 1. The van der Waals surface area contributed by atoms with Gasteiger partial charge in [-0.3, -0.25) is 0 Å². The summed E-state index contributed by atoms with van der Waals surface area (Å²) in [6, 6.07) is 6.81. The van der Waals surface area contributed by atoms with Crippen LogP contribution in [0, 0.1) is 5.82 Å². The Balaban J connectivity index is 0. The third kappa shape index (κ3) is 7.09. The highest BCUT2D eigenvalue weighted by molar-refractivity contribution is 5.18. The number of hydrogen-bond donors (Lipinski definition) is 1. The maximum Gasteiger partial charge on any atom is 0.123 e. The highest BCUT2D eigenvalue weighted by atomic mass is 19.1. The summed E-state index contributed by atoms with van der Waals surface area (Å²) < 4.78 is 12.4. The summed E-state index contributed by atoms with van der Waals surface area (Å²) in [6.45, 7) is 10.0. The summed E-state index contributed by atoms with van der Waals surface area (Å²) in [5.74, 6) is -0.183. The minimum atomic E-state index is -0.183. The summed E-state index contributed by atoms with van der Waals surface area (Å²) in [6.07, 6.45) is 0. The van der Waals surface area contributed by atoms with E-state index in [1.807, 2.05) is 41.7 Å². The molecule has 1 aromatic rings. The Hall–Kier alpha value is -0.890. The molecule has 0 bridgehead atoms. The molecule has 15 heavy (non-hydrogen) atoms. The van der Waals surface area contributed by atoms with Gasteiger partial charge >= 0.3 is 0 Å². The molecule has 0 aliphatic heterocycles. The van der Waals surface area contributed by atoms with Crippen LogP contribution in [0.3, 0.4) is 0 Å². The van der Waals surface area contributed by atoms with E-state index in [0.29, 0.717) is 0 Å². The molecule has 0 aliphatic carbocycles. The minimum Gasteiger partial charge on any atom is -0.313 e. The van der Waals surface area contributed by atoms with Gasteiger partial charge in [-0.15, -0.1) is 0 Å². The van der Waals surface area contributed by atoms with Crippen LogP contribution in [0.25, 0.3) is 0 Å². The Morgan fingerprint density at radius 3 is 1.73 bits per heavy atom. The molecule has 0 fully saturated rings. The van der Waals surface area contributed by atoms with E-state index in [9.17, 15) is 4.39 Å². The van der Waals surface area contributed by atoms with Crippen molar-refractivity contribution in [1.29, 1.82) is 0 Å². The molecular weight excluding hydrogens is 189 g/mol. The fourth-order valence-electron chi connectivity index (χ4n) is 0.918. The van der Waals surface area contributed by atoms with Crippen LogP contribution in [0.15, 0.2) is 24.3 Å². The monoisotopic (exact) mass is 213 g/mol. The van der Waals surface area contributed by atoms with Crippen LogP contribution in [-0.4, -0.2) is 7.05 Å². The van der Waals surface area contributed by atoms with Crippen LogP contribution in [0.4, 0.5) is 4.39 Å². The van der Waals surface area contributed by atoms with E-state index in [-0.39, 0.29) is 11.9 Å². The largest absolute Gasteiger partial charge is 0.313 e. The van der Waals surface area contributed by atoms with Crippen LogP contribution >= 0.6 is 0 Å². The molecule has 1 atom stereocenters. The predicted octanol–water partition coefficient (Wildman–Crippen LogP) is 4.16. The molecule has 1 rings (SSSR count). The number of halogens is 1. The van der Waals surface area contributed by atoms with Crippen molar-refractivity contribution in [3.05, 3.63) is 35.6 Å². The van der Waals surface area contributed by atoms with Gasteiger partial charge in [0.15, 0.2) is 0 Å². The SMILES string of the molecule is CC.CC.CN[C@@H](C)c1ccc(F)cc1. The first-order valence-electron chi connectivity index (χ1n) is 5.67. The van der Waals surface area contributed by atoms with Gasteiger partial charge in [-0.25, -0.2) is 4.39 Å². The van der Waals surface area contributed by atoms with Crippen molar-refractivity contribution in [2.45, 2.75) is 40.7 Å². The molecule has 0 aliphatic rings. The van der Waals surface area contributed by atoms with E-state index in [2.05, 4.69) is 5.32 Å². The molecule has 88 valence electrons. The molecule has 1 N–H and O–H groups in total. The van der Waals surface area contributed by atoms with Gasteiger partial charge in [-0.2, -0.15) is 0 Å². The van der Waals surface area contributed by atoms with Crippen molar-refractivity contribution in [3.63, 3.8) is 0 Å². The third-order valence-electron chi connectivity index (χ3n) is 1.80. The van der Waals surface area contributed by atoms with Crippen molar-refractivity contribution in [2.75, 3.05) is 7.05 Å². The predicted molar refractivity (Wildman–Crippen MR) is 66.6 cm³/mol. The molecule has 1 aromatic carbocycles. The van der Waals surface area contributed by atoms with E-state index in [4.69, 9.17) is 0 Å². The molecule has 0 radical (unpaired) electrons. The average molecular weight is 213 g/mol. The van der Waals surface area contributed by atoms with Crippen LogP contribution in [0.1, 0.15) is 46.2 Å². The van der Waals surface area contributed by atoms with E-state index in [1.54, 1.807) is 12.1 Å². The Morgan fingerprint density at radius 1 is 1.00 bits per heavy atom. The molecular formula is C13H24FN. The van der Waals surface area contributed by atoms with Gasteiger partial charge in [-0.1, -0.05) is 39.8 Å². The summed E-state index contributed by atoms with van der Waals surface area (Å²) in [5.41, 5.74) is 1.11. The standard InChI is InChI=1S/C9H12FN.2C2H6/c1-7(11-2)8-3-5-9(10)6-4-8;2*1-2/h3-7,11H,1-2H3;2*1-2H3/t7-;;/m0../s1. The number of benzene rings is 1.